The summed E-state index contributed by atoms with van der Waals surface area (Å²) in [4.78, 5) is 18.0. The van der Waals surface area contributed by atoms with Gasteiger partial charge in [-0.25, -0.2) is 9.78 Å². The van der Waals surface area contributed by atoms with Gasteiger partial charge in [0.05, 0.1) is 18.4 Å². The van der Waals surface area contributed by atoms with Crippen molar-refractivity contribution in [1.82, 2.24) is 4.98 Å². The number of amides is 2. The van der Waals surface area contributed by atoms with Crippen LogP contribution in [-0.2, 0) is 0 Å². The van der Waals surface area contributed by atoms with E-state index in [4.69, 9.17) is 10.5 Å². The molecule has 2 aromatic rings. The summed E-state index contributed by atoms with van der Waals surface area (Å²) in [7, 11) is 0. The summed E-state index contributed by atoms with van der Waals surface area (Å²) in [6.07, 6.45) is 1.51. The van der Waals surface area contributed by atoms with Crippen molar-refractivity contribution in [2.45, 2.75) is 0 Å². The van der Waals surface area contributed by atoms with Crippen LogP contribution in [-0.4, -0.2) is 24.2 Å². The Kier molecular flexibility index (Phi) is 3.12. The predicted molar refractivity (Wildman–Crippen MR) is 77.0 cm³/mol. The molecule has 0 fully saturated rings. The van der Waals surface area contributed by atoms with Crippen molar-refractivity contribution in [3.05, 3.63) is 42.6 Å². The third kappa shape index (κ3) is 2.35. The third-order valence-electron chi connectivity index (χ3n) is 2.95. The number of hydrogen-bond acceptors (Lipinski definition) is 4. The van der Waals surface area contributed by atoms with Crippen molar-refractivity contribution in [3.63, 3.8) is 0 Å². The summed E-state index contributed by atoms with van der Waals surface area (Å²) >= 11 is 0. The van der Waals surface area contributed by atoms with Crippen molar-refractivity contribution in [3.8, 4) is 5.75 Å². The lowest BCUT2D eigenvalue weighted by atomic mass is 10.3. The number of fused-ring (bicyclic) bond motifs is 1. The van der Waals surface area contributed by atoms with Gasteiger partial charge < -0.3 is 15.8 Å². The number of aromatic nitrogens is 1. The van der Waals surface area contributed by atoms with Gasteiger partial charge in [-0.05, 0) is 12.1 Å². The number of carbonyl (C=O) groups excluding carboxylic acids is 1. The molecule has 1 aromatic heterocycles. The summed E-state index contributed by atoms with van der Waals surface area (Å²) in [5, 5.41) is 2.83. The van der Waals surface area contributed by atoms with Crippen molar-refractivity contribution in [2.24, 2.45) is 0 Å². The van der Waals surface area contributed by atoms with E-state index < -0.39 is 0 Å². The highest BCUT2D eigenvalue weighted by Gasteiger charge is 2.25. The zero-order chi connectivity index (χ0) is 13.9. The Labute approximate surface area is 116 Å². The third-order valence-corrected chi connectivity index (χ3v) is 2.95. The normalized spacial score (nSPS) is 13.3. The predicted octanol–water partition coefficient (Wildman–Crippen LogP) is 2.09. The van der Waals surface area contributed by atoms with Crippen LogP contribution in [0.5, 0.6) is 5.75 Å². The highest BCUT2D eigenvalue weighted by atomic mass is 16.5. The van der Waals surface area contributed by atoms with Gasteiger partial charge in [0.1, 0.15) is 6.61 Å². The Morgan fingerprint density at radius 1 is 1.35 bits per heavy atom. The van der Waals surface area contributed by atoms with Crippen molar-refractivity contribution >= 4 is 23.2 Å². The Balaban J connectivity index is 1.83. The lowest BCUT2D eigenvalue weighted by Crippen LogP contribution is -2.41. The van der Waals surface area contributed by atoms with E-state index in [0.29, 0.717) is 30.4 Å². The van der Waals surface area contributed by atoms with E-state index >= 15 is 0 Å². The lowest BCUT2D eigenvalue weighted by Gasteiger charge is -2.28. The number of para-hydroxylation sites is 1. The number of nitrogens with two attached hydrogens (primary N) is 1. The van der Waals surface area contributed by atoms with E-state index in [0.717, 1.165) is 5.69 Å². The molecular formula is C14H14N4O2. The fourth-order valence-electron chi connectivity index (χ4n) is 2.02. The molecule has 0 spiro atoms. The molecule has 3 rings (SSSR count). The topological polar surface area (TPSA) is 80.5 Å². The van der Waals surface area contributed by atoms with E-state index in [1.54, 1.807) is 11.0 Å². The summed E-state index contributed by atoms with van der Waals surface area (Å²) in [6.45, 7) is 0.864. The smallest absolute Gasteiger partial charge is 0.327 e. The maximum atomic E-state index is 12.3. The molecule has 0 saturated heterocycles. The molecule has 0 bridgehead atoms. The maximum Gasteiger partial charge on any atom is 0.327 e. The zero-order valence-corrected chi connectivity index (χ0v) is 10.7. The molecule has 0 radical (unpaired) electrons. The monoisotopic (exact) mass is 270 g/mol. The number of urea groups is 1. The number of pyridine rings is 1. The zero-order valence-electron chi connectivity index (χ0n) is 10.7. The molecule has 1 aliphatic rings. The van der Waals surface area contributed by atoms with Crippen molar-refractivity contribution < 1.29 is 9.53 Å². The van der Waals surface area contributed by atoms with Crippen LogP contribution >= 0.6 is 0 Å². The van der Waals surface area contributed by atoms with Gasteiger partial charge in [-0.1, -0.05) is 18.2 Å². The van der Waals surface area contributed by atoms with Crippen molar-refractivity contribution in [1.29, 1.82) is 0 Å². The summed E-state index contributed by atoms with van der Waals surface area (Å²) in [5.74, 6) is 1.01. The first-order valence-corrected chi connectivity index (χ1v) is 6.26. The Morgan fingerprint density at radius 2 is 2.15 bits per heavy atom. The van der Waals surface area contributed by atoms with E-state index in [-0.39, 0.29) is 6.03 Å². The van der Waals surface area contributed by atoms with Gasteiger partial charge >= 0.3 is 6.03 Å². The van der Waals surface area contributed by atoms with Crippen LogP contribution in [0.15, 0.2) is 42.6 Å². The number of benzene rings is 1. The minimum Gasteiger partial charge on any atom is -0.488 e. The number of nitrogens with zero attached hydrogens (tertiary/aromatic N) is 2. The molecule has 6 heteroatoms. The van der Waals surface area contributed by atoms with Crippen LogP contribution in [0.1, 0.15) is 0 Å². The first-order valence-electron chi connectivity index (χ1n) is 6.26. The van der Waals surface area contributed by atoms with E-state index in [9.17, 15) is 4.79 Å². The average Bonchev–Trinajstić information content (AvgIpc) is 2.47. The fraction of sp³-hybridized carbons (Fsp3) is 0.143. The van der Waals surface area contributed by atoms with Gasteiger partial charge in [0, 0.05) is 11.8 Å². The number of nitrogens with one attached hydrogen (secondary N) is 1. The number of nitrogen functional groups attached to an aromatic ring is 1. The molecule has 0 unspecified atom stereocenters. The van der Waals surface area contributed by atoms with E-state index in [1.807, 2.05) is 30.3 Å². The second kappa shape index (κ2) is 5.08. The van der Waals surface area contributed by atoms with Gasteiger partial charge in [-0.15, -0.1) is 0 Å². The Morgan fingerprint density at radius 3 is 2.95 bits per heavy atom. The summed E-state index contributed by atoms with van der Waals surface area (Å²) in [5.41, 5.74) is 6.91. The van der Waals surface area contributed by atoms with Crippen LogP contribution in [0.3, 0.4) is 0 Å². The van der Waals surface area contributed by atoms with Gasteiger partial charge in [-0.3, -0.25) is 4.90 Å². The highest BCUT2D eigenvalue weighted by Crippen LogP contribution is 2.31. The Hall–Kier alpha value is -2.76. The standard InChI is InChI=1S/C14H14N4O2/c15-10-8-12-13(16-9-10)18(6-7-20-12)14(19)17-11-4-2-1-3-5-11/h1-5,8-9H,6-7,15H2,(H,17,19). The lowest BCUT2D eigenvalue weighted by molar-refractivity contribution is 0.249. The molecular weight excluding hydrogens is 256 g/mol. The molecule has 1 aromatic carbocycles. The highest BCUT2D eigenvalue weighted by molar-refractivity contribution is 6.02. The minimum absolute atomic E-state index is 0.238. The number of anilines is 3. The molecule has 6 nitrogen and oxygen atoms in total. The van der Waals surface area contributed by atoms with Crippen LogP contribution in [0.2, 0.25) is 0 Å². The van der Waals surface area contributed by atoms with Crippen LogP contribution in [0.25, 0.3) is 0 Å². The molecule has 1 aliphatic heterocycles. The van der Waals surface area contributed by atoms with Crippen molar-refractivity contribution in [2.75, 3.05) is 29.1 Å². The van der Waals surface area contributed by atoms with E-state index in [2.05, 4.69) is 10.3 Å². The first-order chi connectivity index (χ1) is 9.74. The molecule has 2 amide bonds. The largest absolute Gasteiger partial charge is 0.488 e. The number of ether oxygens (including phenoxy) is 1. The SMILES string of the molecule is Nc1cnc2c(c1)OCCN2C(=O)Nc1ccccc1. The van der Waals surface area contributed by atoms with Crippen LogP contribution in [0.4, 0.5) is 22.0 Å². The van der Waals surface area contributed by atoms with Crippen LogP contribution in [0, 0.1) is 0 Å². The Bertz CT molecular complexity index is 630. The minimum atomic E-state index is -0.238. The average molecular weight is 270 g/mol. The van der Waals surface area contributed by atoms with Gasteiger partial charge in [-0.2, -0.15) is 0 Å². The van der Waals surface area contributed by atoms with Gasteiger partial charge in [0.25, 0.3) is 0 Å². The molecule has 102 valence electrons. The molecule has 0 atom stereocenters. The second-order valence-electron chi connectivity index (χ2n) is 4.39. The number of carbonyl (C=O) groups is 1. The molecule has 0 saturated carbocycles. The number of hydrogen-bond donors (Lipinski definition) is 2. The molecule has 20 heavy (non-hydrogen) atoms. The fourth-order valence-corrected chi connectivity index (χ4v) is 2.02. The number of rotatable bonds is 1. The first kappa shape index (κ1) is 12.3. The van der Waals surface area contributed by atoms with E-state index in [1.165, 1.54) is 6.20 Å². The van der Waals surface area contributed by atoms with Gasteiger partial charge in [0.15, 0.2) is 11.6 Å². The summed E-state index contributed by atoms with van der Waals surface area (Å²) < 4.78 is 5.47. The molecule has 0 aliphatic carbocycles. The second-order valence-corrected chi connectivity index (χ2v) is 4.39. The van der Waals surface area contributed by atoms with Crippen LogP contribution < -0.4 is 20.7 Å². The maximum absolute atomic E-state index is 12.3. The van der Waals surface area contributed by atoms with Gasteiger partial charge in [0.2, 0.25) is 0 Å². The molecule has 3 N–H and O–H groups in total. The quantitative estimate of drug-likeness (QED) is 0.831. The molecule has 2 heterocycles. The summed E-state index contributed by atoms with van der Waals surface area (Å²) in [6, 6.07) is 10.7.